The molecule has 0 unspecified atom stereocenters. The van der Waals surface area contributed by atoms with E-state index in [0.29, 0.717) is 36.9 Å². The van der Waals surface area contributed by atoms with E-state index >= 15 is 0 Å². The van der Waals surface area contributed by atoms with Gasteiger partial charge in [-0.3, -0.25) is 4.79 Å². The first kappa shape index (κ1) is 16.3. The zero-order valence-electron chi connectivity index (χ0n) is 12.2. The minimum Gasteiger partial charge on any atom is -0.397 e. The average molecular weight is 371 g/mol. The number of hydrogen-bond donors (Lipinski definition) is 1. The molecular formula is C15H19BrN2O2S. The Bertz CT molecular complexity index is 642. The maximum atomic E-state index is 12.7. The second-order valence-electron chi connectivity index (χ2n) is 4.54. The number of anilines is 1. The zero-order chi connectivity index (χ0) is 15.4. The van der Waals surface area contributed by atoms with Crippen molar-refractivity contribution < 1.29 is 9.53 Å². The number of likely N-dealkylation sites (N-methyl/N-ethyl adjacent to an activating group) is 1. The van der Waals surface area contributed by atoms with Crippen molar-refractivity contribution in [1.82, 2.24) is 4.90 Å². The summed E-state index contributed by atoms with van der Waals surface area (Å²) >= 11 is 4.94. The van der Waals surface area contributed by atoms with Crippen LogP contribution in [-0.2, 0) is 4.74 Å². The van der Waals surface area contributed by atoms with Gasteiger partial charge < -0.3 is 15.4 Å². The summed E-state index contributed by atoms with van der Waals surface area (Å²) < 4.78 is 7.27. The van der Waals surface area contributed by atoms with E-state index in [2.05, 4.69) is 15.9 Å². The first-order chi connectivity index (χ1) is 10.1. The fraction of sp³-hybridized carbons (Fsp3) is 0.400. The summed E-state index contributed by atoms with van der Waals surface area (Å²) in [6.07, 6.45) is 0. The summed E-state index contributed by atoms with van der Waals surface area (Å²) in [5.74, 6) is -0.0252. The van der Waals surface area contributed by atoms with Crippen LogP contribution in [0.3, 0.4) is 0 Å². The Morgan fingerprint density at radius 2 is 2.19 bits per heavy atom. The molecule has 1 aromatic heterocycles. The van der Waals surface area contributed by atoms with Crippen LogP contribution in [0.15, 0.2) is 22.7 Å². The predicted molar refractivity (Wildman–Crippen MR) is 92.0 cm³/mol. The van der Waals surface area contributed by atoms with Crippen LogP contribution in [0.5, 0.6) is 0 Å². The van der Waals surface area contributed by atoms with E-state index in [0.717, 1.165) is 14.6 Å². The van der Waals surface area contributed by atoms with Gasteiger partial charge in [0.2, 0.25) is 0 Å². The monoisotopic (exact) mass is 370 g/mol. The normalized spacial score (nSPS) is 11.0. The smallest absolute Gasteiger partial charge is 0.266 e. The predicted octanol–water partition coefficient (Wildman–Crippen LogP) is 3.74. The summed E-state index contributed by atoms with van der Waals surface area (Å²) in [5, 5.41) is 0.923. The lowest BCUT2D eigenvalue weighted by Crippen LogP contribution is -2.33. The van der Waals surface area contributed by atoms with Crippen LogP contribution < -0.4 is 5.73 Å². The number of ether oxygens (including phenoxy) is 1. The van der Waals surface area contributed by atoms with E-state index in [-0.39, 0.29) is 5.91 Å². The van der Waals surface area contributed by atoms with Gasteiger partial charge in [-0.25, -0.2) is 0 Å². The van der Waals surface area contributed by atoms with Gasteiger partial charge >= 0.3 is 0 Å². The highest BCUT2D eigenvalue weighted by Gasteiger charge is 2.21. The van der Waals surface area contributed by atoms with Crippen molar-refractivity contribution in [1.29, 1.82) is 0 Å². The maximum Gasteiger partial charge on any atom is 0.266 e. The van der Waals surface area contributed by atoms with Crippen LogP contribution in [0, 0.1) is 0 Å². The number of thiophene rings is 1. The summed E-state index contributed by atoms with van der Waals surface area (Å²) in [6, 6.07) is 5.87. The van der Waals surface area contributed by atoms with Crippen LogP contribution in [0.25, 0.3) is 10.1 Å². The lowest BCUT2D eigenvalue weighted by atomic mass is 10.2. The minimum atomic E-state index is -0.0252. The van der Waals surface area contributed by atoms with E-state index in [9.17, 15) is 4.79 Å². The number of halogens is 1. The number of hydrogen-bond acceptors (Lipinski definition) is 4. The SMILES string of the molecule is CCOCCN(CC)C(=O)c1sc2cccc(Br)c2c1N. The number of carbonyl (C=O) groups excluding carboxylic acids is 1. The number of rotatable bonds is 6. The Balaban J connectivity index is 2.30. The first-order valence-electron chi connectivity index (χ1n) is 6.93. The van der Waals surface area contributed by atoms with Crippen molar-refractivity contribution in [3.8, 4) is 0 Å². The molecule has 4 nitrogen and oxygen atoms in total. The lowest BCUT2D eigenvalue weighted by molar-refractivity contribution is 0.0674. The molecule has 0 saturated carbocycles. The van der Waals surface area contributed by atoms with Crippen molar-refractivity contribution in [2.24, 2.45) is 0 Å². The molecule has 0 aliphatic carbocycles. The van der Waals surface area contributed by atoms with Crippen LogP contribution >= 0.6 is 27.3 Å². The molecule has 0 saturated heterocycles. The van der Waals surface area contributed by atoms with Crippen molar-refractivity contribution in [3.05, 3.63) is 27.5 Å². The highest BCUT2D eigenvalue weighted by atomic mass is 79.9. The molecule has 0 bridgehead atoms. The lowest BCUT2D eigenvalue weighted by Gasteiger charge is -2.20. The quantitative estimate of drug-likeness (QED) is 0.787. The molecule has 1 amide bonds. The fourth-order valence-corrected chi connectivity index (χ4v) is 3.98. The first-order valence-corrected chi connectivity index (χ1v) is 8.54. The van der Waals surface area contributed by atoms with Crippen LogP contribution in [0.4, 0.5) is 5.69 Å². The van der Waals surface area contributed by atoms with Crippen molar-refractivity contribution in [2.75, 3.05) is 32.0 Å². The van der Waals surface area contributed by atoms with Gasteiger partial charge in [-0.05, 0) is 26.0 Å². The number of amides is 1. The molecule has 2 aromatic rings. The Morgan fingerprint density at radius 1 is 1.43 bits per heavy atom. The molecule has 0 radical (unpaired) electrons. The molecule has 114 valence electrons. The molecule has 0 aliphatic heterocycles. The van der Waals surface area contributed by atoms with Crippen molar-refractivity contribution in [2.45, 2.75) is 13.8 Å². The topological polar surface area (TPSA) is 55.6 Å². The van der Waals surface area contributed by atoms with Gasteiger partial charge in [0.1, 0.15) is 4.88 Å². The second kappa shape index (κ2) is 7.24. The molecule has 2 rings (SSSR count). The largest absolute Gasteiger partial charge is 0.397 e. The molecule has 1 heterocycles. The number of nitrogens with zero attached hydrogens (tertiary/aromatic N) is 1. The summed E-state index contributed by atoms with van der Waals surface area (Å²) in [7, 11) is 0. The third-order valence-corrected chi connectivity index (χ3v) is 5.09. The minimum absolute atomic E-state index is 0.0252. The molecule has 0 fully saturated rings. The van der Waals surface area contributed by atoms with Gasteiger partial charge in [-0.15, -0.1) is 11.3 Å². The molecule has 0 aliphatic rings. The second-order valence-corrected chi connectivity index (χ2v) is 6.45. The molecule has 6 heteroatoms. The van der Waals surface area contributed by atoms with Gasteiger partial charge in [0, 0.05) is 34.3 Å². The average Bonchev–Trinajstić information content (AvgIpc) is 2.81. The molecule has 21 heavy (non-hydrogen) atoms. The maximum absolute atomic E-state index is 12.7. The van der Waals surface area contributed by atoms with Gasteiger partial charge in [0.15, 0.2) is 0 Å². The van der Waals surface area contributed by atoms with Crippen molar-refractivity contribution in [3.63, 3.8) is 0 Å². The van der Waals surface area contributed by atoms with E-state index in [4.69, 9.17) is 10.5 Å². The number of benzene rings is 1. The number of carbonyl (C=O) groups is 1. The highest BCUT2D eigenvalue weighted by molar-refractivity contribution is 9.10. The zero-order valence-corrected chi connectivity index (χ0v) is 14.6. The highest BCUT2D eigenvalue weighted by Crippen LogP contribution is 2.38. The van der Waals surface area contributed by atoms with Gasteiger partial charge in [-0.1, -0.05) is 22.0 Å². The standard InChI is InChI=1S/C15H19BrN2O2S/c1-3-18(8-9-20-4-2)15(19)14-13(17)12-10(16)6-5-7-11(12)21-14/h5-7H,3-4,8-9,17H2,1-2H3. The fourth-order valence-electron chi connectivity index (χ4n) is 2.15. The Labute approximate surface area is 137 Å². The molecule has 1 aromatic carbocycles. The molecule has 0 atom stereocenters. The van der Waals surface area contributed by atoms with Gasteiger partial charge in [-0.2, -0.15) is 0 Å². The number of nitrogens with two attached hydrogens (primary N) is 1. The Morgan fingerprint density at radius 3 is 2.81 bits per heavy atom. The van der Waals surface area contributed by atoms with Gasteiger partial charge in [0.05, 0.1) is 12.3 Å². The third-order valence-electron chi connectivity index (χ3n) is 3.27. The third kappa shape index (κ3) is 3.39. The summed E-state index contributed by atoms with van der Waals surface area (Å²) in [5.41, 5.74) is 6.75. The van der Waals surface area contributed by atoms with E-state index in [1.165, 1.54) is 11.3 Å². The summed E-state index contributed by atoms with van der Waals surface area (Å²) in [6.45, 7) is 6.33. The van der Waals surface area contributed by atoms with Gasteiger partial charge in [0.25, 0.3) is 5.91 Å². The van der Waals surface area contributed by atoms with Crippen LogP contribution in [0.2, 0.25) is 0 Å². The number of fused-ring (bicyclic) bond motifs is 1. The Hall–Kier alpha value is -1.11. The molecule has 0 spiro atoms. The number of nitrogen functional groups attached to an aromatic ring is 1. The van der Waals surface area contributed by atoms with E-state index in [1.54, 1.807) is 4.90 Å². The molecule has 2 N–H and O–H groups in total. The van der Waals surface area contributed by atoms with Crippen LogP contribution in [0.1, 0.15) is 23.5 Å². The Kier molecular flexibility index (Phi) is 5.61. The van der Waals surface area contributed by atoms with Crippen molar-refractivity contribution >= 4 is 48.9 Å². The molecular weight excluding hydrogens is 352 g/mol. The summed E-state index contributed by atoms with van der Waals surface area (Å²) in [4.78, 5) is 15.0. The van der Waals surface area contributed by atoms with E-state index < -0.39 is 0 Å². The van der Waals surface area contributed by atoms with E-state index in [1.807, 2.05) is 32.0 Å². The van der Waals surface area contributed by atoms with Crippen LogP contribution in [-0.4, -0.2) is 37.1 Å².